The molecule has 0 amide bonds. The molecule has 0 saturated carbocycles. The highest BCUT2D eigenvalue weighted by Gasteiger charge is 2.23. The van der Waals surface area contributed by atoms with Crippen LogP contribution in [0.5, 0.6) is 0 Å². The van der Waals surface area contributed by atoms with Gasteiger partial charge < -0.3 is 10.6 Å². The van der Waals surface area contributed by atoms with Crippen molar-refractivity contribution in [2.24, 2.45) is 5.92 Å². The van der Waals surface area contributed by atoms with Crippen LogP contribution >= 0.6 is 0 Å². The summed E-state index contributed by atoms with van der Waals surface area (Å²) in [6.07, 6.45) is 2.08. The van der Waals surface area contributed by atoms with E-state index in [-0.39, 0.29) is 0 Å². The van der Waals surface area contributed by atoms with E-state index < -0.39 is 10.0 Å². The zero-order valence-electron chi connectivity index (χ0n) is 13.0. The van der Waals surface area contributed by atoms with Gasteiger partial charge in [-0.3, -0.25) is 0 Å². The highest BCUT2D eigenvalue weighted by molar-refractivity contribution is 7.89. The number of nitrogens with zero attached hydrogens (tertiary/aromatic N) is 1. The second-order valence-corrected chi connectivity index (χ2v) is 7.79. The van der Waals surface area contributed by atoms with Gasteiger partial charge in [-0.2, -0.15) is 0 Å². The van der Waals surface area contributed by atoms with Gasteiger partial charge >= 0.3 is 0 Å². The Bertz CT molecular complexity index is 582. The third-order valence-corrected chi connectivity index (χ3v) is 5.88. The Labute approximate surface area is 127 Å². The lowest BCUT2D eigenvalue weighted by molar-refractivity contribution is 0.220. The molecule has 2 rings (SSSR count). The molecule has 1 aromatic carbocycles. The van der Waals surface area contributed by atoms with Crippen LogP contribution in [0.2, 0.25) is 0 Å². The third kappa shape index (κ3) is 3.96. The molecular formula is C15H25N3O2S. The zero-order valence-corrected chi connectivity index (χ0v) is 13.8. The number of piperidine rings is 1. The first kappa shape index (κ1) is 16.3. The number of anilines is 1. The maximum absolute atomic E-state index is 12.5. The van der Waals surface area contributed by atoms with Crippen LogP contribution in [0, 0.1) is 19.8 Å². The summed E-state index contributed by atoms with van der Waals surface area (Å²) in [7, 11) is -1.37. The fourth-order valence-electron chi connectivity index (χ4n) is 2.97. The lowest BCUT2D eigenvalue weighted by atomic mass is 9.98. The molecule has 1 aliphatic rings. The first-order chi connectivity index (χ1) is 9.79. The molecule has 0 aliphatic carbocycles. The molecule has 0 spiro atoms. The van der Waals surface area contributed by atoms with Crippen LogP contribution < -0.4 is 10.5 Å². The molecule has 0 bridgehead atoms. The summed E-state index contributed by atoms with van der Waals surface area (Å²) in [5.74, 6) is 0.422. The number of hydrogen-bond acceptors (Lipinski definition) is 4. The van der Waals surface area contributed by atoms with Crippen molar-refractivity contribution in [3.63, 3.8) is 0 Å². The Morgan fingerprint density at radius 1 is 1.24 bits per heavy atom. The van der Waals surface area contributed by atoms with Crippen molar-refractivity contribution in [2.45, 2.75) is 31.6 Å². The van der Waals surface area contributed by atoms with Crippen LogP contribution in [0.3, 0.4) is 0 Å². The molecule has 6 heteroatoms. The first-order valence-corrected chi connectivity index (χ1v) is 8.83. The fraction of sp³-hybridized carbons (Fsp3) is 0.600. The van der Waals surface area contributed by atoms with Gasteiger partial charge in [-0.05, 0) is 76.0 Å². The number of hydrogen-bond donors (Lipinski definition) is 2. The molecule has 5 nitrogen and oxygen atoms in total. The van der Waals surface area contributed by atoms with Gasteiger partial charge in [0.2, 0.25) is 10.0 Å². The highest BCUT2D eigenvalue weighted by atomic mass is 32.2. The summed E-state index contributed by atoms with van der Waals surface area (Å²) in [5, 5.41) is 0. The minimum absolute atomic E-state index is 0.365. The average Bonchev–Trinajstić information content (AvgIpc) is 2.36. The van der Waals surface area contributed by atoms with Gasteiger partial charge in [0, 0.05) is 12.2 Å². The Hall–Kier alpha value is -1.11. The van der Waals surface area contributed by atoms with Gasteiger partial charge in [0.05, 0.1) is 4.90 Å². The molecule has 0 unspecified atom stereocenters. The molecule has 1 fully saturated rings. The Kier molecular flexibility index (Phi) is 4.91. The summed E-state index contributed by atoms with van der Waals surface area (Å²) >= 11 is 0. The molecule has 3 N–H and O–H groups in total. The minimum Gasteiger partial charge on any atom is -0.399 e. The van der Waals surface area contributed by atoms with Gasteiger partial charge in [-0.25, -0.2) is 13.1 Å². The third-order valence-electron chi connectivity index (χ3n) is 4.15. The fourth-order valence-corrected chi connectivity index (χ4v) is 4.54. The highest BCUT2D eigenvalue weighted by Crippen LogP contribution is 2.23. The predicted molar refractivity (Wildman–Crippen MR) is 85.7 cm³/mol. The van der Waals surface area contributed by atoms with Crippen molar-refractivity contribution in [3.05, 3.63) is 23.3 Å². The number of rotatable bonds is 4. The van der Waals surface area contributed by atoms with Gasteiger partial charge in [0.25, 0.3) is 0 Å². The van der Waals surface area contributed by atoms with Crippen LogP contribution in [0.1, 0.15) is 24.0 Å². The van der Waals surface area contributed by atoms with Crippen LogP contribution in [0.4, 0.5) is 5.69 Å². The Morgan fingerprint density at radius 3 is 2.29 bits per heavy atom. The van der Waals surface area contributed by atoms with E-state index in [0.29, 0.717) is 34.2 Å². The lowest BCUT2D eigenvalue weighted by Gasteiger charge is -2.29. The molecular weight excluding hydrogens is 286 g/mol. The number of aryl methyl sites for hydroxylation is 2. The van der Waals surface area contributed by atoms with Crippen molar-refractivity contribution in [2.75, 3.05) is 32.4 Å². The van der Waals surface area contributed by atoms with Crippen LogP contribution in [0.15, 0.2) is 17.0 Å². The van der Waals surface area contributed by atoms with Gasteiger partial charge in [0.1, 0.15) is 0 Å². The summed E-state index contributed by atoms with van der Waals surface area (Å²) in [5.41, 5.74) is 7.75. The van der Waals surface area contributed by atoms with Gasteiger partial charge in [-0.15, -0.1) is 0 Å². The summed E-state index contributed by atoms with van der Waals surface area (Å²) < 4.78 is 27.8. The van der Waals surface area contributed by atoms with Crippen LogP contribution in [0.25, 0.3) is 0 Å². The molecule has 118 valence electrons. The number of nitrogen functional groups attached to an aromatic ring is 1. The average molecular weight is 311 g/mol. The topological polar surface area (TPSA) is 75.4 Å². The van der Waals surface area contributed by atoms with E-state index in [1.165, 1.54) is 0 Å². The molecule has 0 radical (unpaired) electrons. The maximum Gasteiger partial charge on any atom is 0.241 e. The molecule has 1 saturated heterocycles. The standard InChI is InChI=1S/C15H25N3O2S/c1-11-8-14(16)9-12(2)15(11)21(19,20)17-10-13-4-6-18(3)7-5-13/h8-9,13,17H,4-7,10,16H2,1-3H3. The SMILES string of the molecule is Cc1cc(N)cc(C)c1S(=O)(=O)NCC1CCN(C)CC1. The summed E-state index contributed by atoms with van der Waals surface area (Å²) in [6, 6.07) is 3.41. The number of benzene rings is 1. The normalized spacial score (nSPS) is 18.0. The molecule has 1 aliphatic heterocycles. The predicted octanol–water partition coefficient (Wildman–Crippen LogP) is 1.51. The summed E-state index contributed by atoms with van der Waals surface area (Å²) in [6.45, 7) is 6.15. The Balaban J connectivity index is 2.09. The largest absolute Gasteiger partial charge is 0.399 e. The van der Waals surface area contributed by atoms with Crippen molar-refractivity contribution in [3.8, 4) is 0 Å². The lowest BCUT2D eigenvalue weighted by Crippen LogP contribution is -2.37. The summed E-state index contributed by atoms with van der Waals surface area (Å²) in [4.78, 5) is 2.64. The van der Waals surface area contributed by atoms with E-state index in [1.807, 2.05) is 0 Å². The zero-order chi connectivity index (χ0) is 15.6. The van der Waals surface area contributed by atoms with E-state index in [9.17, 15) is 8.42 Å². The molecule has 1 heterocycles. The monoisotopic (exact) mass is 311 g/mol. The van der Waals surface area contributed by atoms with Crippen molar-refractivity contribution in [1.82, 2.24) is 9.62 Å². The molecule has 21 heavy (non-hydrogen) atoms. The second-order valence-electron chi connectivity index (χ2n) is 6.08. The smallest absolute Gasteiger partial charge is 0.241 e. The van der Waals surface area contributed by atoms with E-state index in [0.717, 1.165) is 25.9 Å². The van der Waals surface area contributed by atoms with Gasteiger partial charge in [0.15, 0.2) is 0 Å². The Morgan fingerprint density at radius 2 is 1.76 bits per heavy atom. The van der Waals surface area contributed by atoms with Crippen molar-refractivity contribution in [1.29, 1.82) is 0 Å². The maximum atomic E-state index is 12.5. The van der Waals surface area contributed by atoms with Crippen molar-refractivity contribution >= 4 is 15.7 Å². The van der Waals surface area contributed by atoms with Crippen LogP contribution in [-0.2, 0) is 10.0 Å². The molecule has 0 atom stereocenters. The number of likely N-dealkylation sites (tertiary alicyclic amines) is 1. The quantitative estimate of drug-likeness (QED) is 0.827. The number of nitrogens with two attached hydrogens (primary N) is 1. The minimum atomic E-state index is -3.47. The van der Waals surface area contributed by atoms with E-state index >= 15 is 0 Å². The molecule has 0 aromatic heterocycles. The van der Waals surface area contributed by atoms with E-state index in [2.05, 4.69) is 16.7 Å². The number of nitrogens with one attached hydrogen (secondary N) is 1. The van der Waals surface area contributed by atoms with Crippen molar-refractivity contribution < 1.29 is 8.42 Å². The molecule has 1 aromatic rings. The van der Waals surface area contributed by atoms with Crippen LogP contribution in [-0.4, -0.2) is 40.0 Å². The first-order valence-electron chi connectivity index (χ1n) is 7.34. The van der Waals surface area contributed by atoms with E-state index in [1.54, 1.807) is 26.0 Å². The number of sulfonamides is 1. The van der Waals surface area contributed by atoms with Gasteiger partial charge in [-0.1, -0.05) is 0 Å². The van der Waals surface area contributed by atoms with E-state index in [4.69, 9.17) is 5.73 Å². The second kappa shape index (κ2) is 6.34.